The summed E-state index contributed by atoms with van der Waals surface area (Å²) in [5.74, 6) is 0.0131. The number of nitrogens with two attached hydrogens (primary N) is 1. The van der Waals surface area contributed by atoms with E-state index in [-0.39, 0.29) is 8.76 Å². The highest BCUT2D eigenvalue weighted by molar-refractivity contribution is 5.93. The van der Waals surface area contributed by atoms with Gasteiger partial charge in [0.2, 0.25) is 5.91 Å². The Morgan fingerprint density at radius 3 is 2.94 bits per heavy atom. The molecule has 0 spiro atoms. The fraction of sp³-hybridized carbons (Fsp3) is 0.385. The van der Waals surface area contributed by atoms with E-state index in [0.717, 1.165) is 19.3 Å². The average molecular weight is 237 g/mol. The lowest BCUT2D eigenvalue weighted by Crippen LogP contribution is -2.11. The van der Waals surface area contributed by atoms with Gasteiger partial charge in [0, 0.05) is 32.4 Å². The van der Waals surface area contributed by atoms with Crippen molar-refractivity contribution in [1.82, 2.24) is 0 Å². The maximum absolute atomic E-state index is 11.6. The van der Waals surface area contributed by atoms with Crippen LogP contribution in [0.3, 0.4) is 0 Å². The summed E-state index contributed by atoms with van der Waals surface area (Å²) >= 11 is 0. The summed E-state index contributed by atoms with van der Waals surface area (Å²) in [5.41, 5.74) is 7.53. The van der Waals surface area contributed by atoms with Crippen molar-refractivity contribution in [2.75, 3.05) is 11.1 Å². The van der Waals surface area contributed by atoms with Crippen molar-refractivity contribution in [2.45, 2.75) is 32.6 Å². The first kappa shape index (κ1) is 13.2. The van der Waals surface area contributed by atoms with Crippen molar-refractivity contribution in [3.63, 3.8) is 0 Å². The number of unbranched alkanes of at least 4 members (excludes halogenated alkanes) is 2. The van der Waals surface area contributed by atoms with Crippen molar-refractivity contribution in [1.29, 1.82) is 5.41 Å². The molecule has 4 nitrogen and oxygen atoms in total. The number of carbonyl (C=O) groups excluding carboxylic acids is 1. The largest absolute Gasteiger partial charge is 0.398 e. The molecule has 1 aromatic rings. The number of nitrogens with one attached hydrogen (secondary N) is 2. The number of carbonyl (C=O) groups is 1. The van der Waals surface area contributed by atoms with Crippen LogP contribution in [-0.2, 0) is 4.79 Å². The van der Waals surface area contributed by atoms with Gasteiger partial charge in [-0.25, -0.2) is 0 Å². The first-order valence-corrected chi connectivity index (χ1v) is 5.87. The van der Waals surface area contributed by atoms with Gasteiger partial charge in [-0.2, -0.15) is 0 Å². The molecule has 4 N–H and O–H groups in total. The highest BCUT2D eigenvalue weighted by Gasteiger charge is 2.03. The van der Waals surface area contributed by atoms with Gasteiger partial charge in [-0.1, -0.05) is 19.8 Å². The molecule has 4 heteroatoms. The molecule has 0 aliphatic heterocycles. The number of nitrogen functional groups attached to an aromatic ring is 1. The third-order valence-corrected chi connectivity index (χ3v) is 2.53. The lowest BCUT2D eigenvalue weighted by Gasteiger charge is -2.07. The number of hydrogen-bond acceptors (Lipinski definition) is 3. The van der Waals surface area contributed by atoms with Gasteiger partial charge in [-0.3, -0.25) is 4.79 Å². The van der Waals surface area contributed by atoms with Gasteiger partial charge in [0.15, 0.2) is 0 Å². The third kappa shape index (κ3) is 4.26. The number of amides is 1. The molecule has 1 amide bonds. The summed E-state index contributed by atoms with van der Waals surface area (Å²) in [6.45, 7) is 2.11. The first-order chi connectivity index (χ1) is 8.17. The van der Waals surface area contributed by atoms with Gasteiger partial charge in [-0.15, -0.1) is 0 Å². The van der Waals surface area contributed by atoms with Gasteiger partial charge in [0.25, 0.3) is 0 Å². The topological polar surface area (TPSA) is 79.0 Å². The zero-order valence-corrected chi connectivity index (χ0v) is 10.1. The van der Waals surface area contributed by atoms with Crippen molar-refractivity contribution in [3.05, 3.63) is 23.8 Å². The maximum atomic E-state index is 11.6. The molecule has 0 atom stereocenters. The van der Waals surface area contributed by atoms with E-state index in [9.17, 15) is 4.79 Å². The number of hydrogen-bond donors (Lipinski definition) is 3. The number of rotatable bonds is 6. The maximum Gasteiger partial charge on any atom is 0.224 e. The summed E-state index contributed by atoms with van der Waals surface area (Å²) < 4.78 is 0. The quantitative estimate of drug-likeness (QED) is 0.403. The van der Waals surface area contributed by atoms with Gasteiger partial charge in [0.05, 0.1) is 0 Å². The Labute approximate surface area is 105 Å². The molecule has 0 aromatic heterocycles. The molecule has 0 fully saturated rings. The van der Waals surface area contributed by atoms with E-state index in [1.54, 1.807) is 18.2 Å². The smallest absolute Gasteiger partial charge is 0.224 e. The van der Waals surface area contributed by atoms with Crippen LogP contribution >= 0.6 is 0 Å². The van der Waals surface area contributed by atoms with E-state index in [0.29, 0.717) is 23.4 Å². The summed E-state index contributed by atoms with van der Waals surface area (Å²) in [4.78, 5) is 11.6. The molecular weight excluding hydrogens is 214 g/mol. The van der Waals surface area contributed by atoms with Crippen molar-refractivity contribution in [3.8, 4) is 0 Å². The zero-order valence-electron chi connectivity index (χ0n) is 10.1. The van der Waals surface area contributed by atoms with E-state index in [1.807, 2.05) is 0 Å². The highest BCUT2D eigenvalue weighted by atomic mass is 16.1. The summed E-state index contributed by atoms with van der Waals surface area (Å²) in [7, 11) is 0. The molecule has 0 unspecified atom stereocenters. The Morgan fingerprint density at radius 1 is 1.53 bits per heavy atom. The predicted molar refractivity (Wildman–Crippen MR) is 75.7 cm³/mol. The fourth-order valence-corrected chi connectivity index (χ4v) is 1.54. The van der Waals surface area contributed by atoms with Crippen molar-refractivity contribution < 1.29 is 7.65 Å². The van der Waals surface area contributed by atoms with Crippen LogP contribution in [0.25, 0.3) is 0 Å². The Balaban J connectivity index is 0. The molecule has 17 heavy (non-hydrogen) atoms. The molecule has 0 bridgehead atoms. The van der Waals surface area contributed by atoms with Crippen LogP contribution in [0.5, 0.6) is 0 Å². The van der Waals surface area contributed by atoms with Crippen LogP contribution in [0, 0.1) is 5.41 Å². The first-order valence-electron chi connectivity index (χ1n) is 5.87. The van der Waals surface area contributed by atoms with E-state index < -0.39 is 0 Å². The number of benzene rings is 1. The Kier molecular flexibility index (Phi) is 5.20. The Hall–Kier alpha value is -1.84. The second-order valence-corrected chi connectivity index (χ2v) is 3.99. The summed E-state index contributed by atoms with van der Waals surface area (Å²) in [6.07, 6.45) is 4.81. The minimum Gasteiger partial charge on any atom is -0.398 e. The van der Waals surface area contributed by atoms with Gasteiger partial charge < -0.3 is 16.5 Å². The van der Waals surface area contributed by atoms with Crippen LogP contribution in [0.2, 0.25) is 0 Å². The summed E-state index contributed by atoms with van der Waals surface area (Å²) in [6, 6.07) is 5.15. The van der Waals surface area contributed by atoms with Crippen LogP contribution < -0.4 is 11.1 Å². The van der Waals surface area contributed by atoms with Crippen molar-refractivity contribution in [2.24, 2.45) is 0 Å². The molecule has 96 valence electrons. The van der Waals surface area contributed by atoms with E-state index in [2.05, 4.69) is 12.2 Å². The molecule has 0 aliphatic rings. The minimum absolute atomic E-state index is 0. The third-order valence-electron chi connectivity index (χ3n) is 2.53. The van der Waals surface area contributed by atoms with Crippen LogP contribution in [0.1, 0.15) is 41.0 Å². The monoisotopic (exact) mass is 237 g/mol. The molecule has 0 heterocycles. The van der Waals surface area contributed by atoms with Crippen LogP contribution in [0.4, 0.5) is 11.4 Å². The molecule has 0 saturated carbocycles. The lowest BCUT2D eigenvalue weighted by molar-refractivity contribution is -0.116. The molecule has 1 aromatic carbocycles. The minimum atomic E-state index is 0. The second-order valence-electron chi connectivity index (χ2n) is 3.99. The zero-order chi connectivity index (χ0) is 12.7. The van der Waals surface area contributed by atoms with Crippen LogP contribution in [0.15, 0.2) is 18.2 Å². The SMILES string of the molecule is CCCCCC(=O)Nc1ccc(N)c(C=N)c1.[HH].[HH]. The molecule has 0 saturated heterocycles. The molecule has 0 aliphatic carbocycles. The van der Waals surface area contributed by atoms with E-state index >= 15 is 0 Å². The summed E-state index contributed by atoms with van der Waals surface area (Å²) in [5, 5.41) is 9.99. The predicted octanol–water partition coefficient (Wildman–Crippen LogP) is 3.28. The fourth-order valence-electron chi connectivity index (χ4n) is 1.54. The van der Waals surface area contributed by atoms with Gasteiger partial charge >= 0.3 is 0 Å². The van der Waals surface area contributed by atoms with Crippen molar-refractivity contribution >= 4 is 23.5 Å². The highest BCUT2D eigenvalue weighted by Crippen LogP contribution is 2.16. The molecular formula is C13H23N3O. The van der Waals surface area contributed by atoms with Gasteiger partial charge in [0.1, 0.15) is 0 Å². The molecule has 1 rings (SSSR count). The Morgan fingerprint density at radius 2 is 2.29 bits per heavy atom. The van der Waals surface area contributed by atoms with Crippen LogP contribution in [-0.4, -0.2) is 12.1 Å². The second kappa shape index (κ2) is 6.68. The van der Waals surface area contributed by atoms with E-state index in [4.69, 9.17) is 11.1 Å². The van der Waals surface area contributed by atoms with E-state index in [1.165, 1.54) is 6.21 Å². The Bertz CT molecular complexity index is 411. The lowest BCUT2D eigenvalue weighted by atomic mass is 10.1. The van der Waals surface area contributed by atoms with Gasteiger partial charge in [-0.05, 0) is 24.6 Å². The normalized spacial score (nSPS) is 9.94. The average Bonchev–Trinajstić information content (AvgIpc) is 2.32. The molecule has 0 radical (unpaired) electrons. The standard InChI is InChI=1S/C13H19N3O.2H2/c1-2-3-4-5-13(17)16-11-6-7-12(15)10(8-11)9-14;;/h6-9,14H,2-5,15H2,1H3,(H,16,17);2*1H. The number of anilines is 2.